The molecule has 0 bridgehead atoms. The van der Waals surface area contributed by atoms with Gasteiger partial charge in [-0.05, 0) is 30.0 Å². The van der Waals surface area contributed by atoms with Crippen LogP contribution in [0, 0.1) is 24.2 Å². The number of carbonyl (C=O) groups is 2. The van der Waals surface area contributed by atoms with E-state index in [0.29, 0.717) is 12.2 Å². The molecule has 114 valence electrons. The molecule has 0 radical (unpaired) electrons. The minimum atomic E-state index is -0.634. The Bertz CT molecular complexity index is 578. The lowest BCUT2D eigenvalue weighted by Gasteiger charge is -2.29. The summed E-state index contributed by atoms with van der Waals surface area (Å²) in [5, 5.41) is 5.66. The summed E-state index contributed by atoms with van der Waals surface area (Å²) in [5.41, 5.74) is 1.69. The van der Waals surface area contributed by atoms with E-state index < -0.39 is 5.92 Å². The van der Waals surface area contributed by atoms with Crippen LogP contribution in [-0.2, 0) is 9.59 Å². The Morgan fingerprint density at radius 1 is 1.38 bits per heavy atom. The van der Waals surface area contributed by atoms with Gasteiger partial charge in [-0.2, -0.15) is 0 Å². The fourth-order valence-corrected chi connectivity index (χ4v) is 3.00. The number of nitrogens with one attached hydrogen (secondary N) is 2. The molecular weight excluding hydrogens is 332 g/mol. The van der Waals surface area contributed by atoms with Crippen molar-refractivity contribution in [3.05, 3.63) is 28.2 Å². The van der Waals surface area contributed by atoms with E-state index in [1.165, 1.54) is 0 Å². The lowest BCUT2D eigenvalue weighted by molar-refractivity contribution is -0.132. The molecule has 0 saturated carbocycles. The van der Waals surface area contributed by atoms with Gasteiger partial charge in [0.1, 0.15) is 5.92 Å². The maximum absolute atomic E-state index is 12.5. The van der Waals surface area contributed by atoms with Gasteiger partial charge in [-0.1, -0.05) is 42.8 Å². The van der Waals surface area contributed by atoms with Crippen molar-refractivity contribution in [2.45, 2.75) is 27.7 Å². The molecule has 4 nitrogen and oxygen atoms in total. The molecule has 0 aliphatic carbocycles. The number of rotatable bonds is 2. The average Bonchev–Trinajstić information content (AvgIpc) is 2.76. The summed E-state index contributed by atoms with van der Waals surface area (Å²) in [7, 11) is 0. The van der Waals surface area contributed by atoms with Gasteiger partial charge >= 0.3 is 0 Å². The van der Waals surface area contributed by atoms with Crippen LogP contribution < -0.4 is 10.6 Å². The summed E-state index contributed by atoms with van der Waals surface area (Å²) in [5.74, 6) is -1.05. The molecule has 0 aromatic heterocycles. The molecule has 5 heteroatoms. The van der Waals surface area contributed by atoms with Crippen molar-refractivity contribution in [3.63, 3.8) is 0 Å². The Morgan fingerprint density at radius 2 is 2.05 bits per heavy atom. The van der Waals surface area contributed by atoms with Gasteiger partial charge in [0.15, 0.2) is 0 Å². The van der Waals surface area contributed by atoms with E-state index in [2.05, 4.69) is 47.3 Å². The number of anilines is 1. The lowest BCUT2D eigenvalue weighted by atomic mass is 9.74. The van der Waals surface area contributed by atoms with Gasteiger partial charge in [0.25, 0.3) is 0 Å². The van der Waals surface area contributed by atoms with Crippen LogP contribution in [0.5, 0.6) is 0 Å². The third-order valence-electron chi connectivity index (χ3n) is 4.02. The van der Waals surface area contributed by atoms with Gasteiger partial charge in [0.2, 0.25) is 11.8 Å². The normalized spacial score (nSPS) is 22.0. The number of hydrogen-bond donors (Lipinski definition) is 2. The van der Waals surface area contributed by atoms with E-state index in [0.717, 1.165) is 10.0 Å². The summed E-state index contributed by atoms with van der Waals surface area (Å²) in [6, 6.07) is 5.62. The smallest absolute Gasteiger partial charge is 0.237 e. The second kappa shape index (κ2) is 5.79. The van der Waals surface area contributed by atoms with Crippen molar-refractivity contribution in [2.75, 3.05) is 11.9 Å². The van der Waals surface area contributed by atoms with Crippen molar-refractivity contribution in [1.29, 1.82) is 0 Å². The van der Waals surface area contributed by atoms with Crippen molar-refractivity contribution in [2.24, 2.45) is 17.3 Å². The highest BCUT2D eigenvalue weighted by Gasteiger charge is 2.45. The van der Waals surface area contributed by atoms with Crippen LogP contribution in [0.15, 0.2) is 22.7 Å². The largest absolute Gasteiger partial charge is 0.355 e. The minimum absolute atomic E-state index is 0.00103. The topological polar surface area (TPSA) is 58.2 Å². The molecule has 2 N–H and O–H groups in total. The summed E-state index contributed by atoms with van der Waals surface area (Å²) < 4.78 is 0.934. The molecule has 1 saturated heterocycles. The highest BCUT2D eigenvalue weighted by molar-refractivity contribution is 9.10. The highest BCUT2D eigenvalue weighted by Crippen LogP contribution is 2.35. The van der Waals surface area contributed by atoms with E-state index in [4.69, 9.17) is 0 Å². The van der Waals surface area contributed by atoms with Crippen LogP contribution in [0.4, 0.5) is 5.69 Å². The molecule has 1 aromatic carbocycles. The first-order valence-corrected chi connectivity index (χ1v) is 7.84. The highest BCUT2D eigenvalue weighted by atomic mass is 79.9. The quantitative estimate of drug-likeness (QED) is 0.803. The summed E-state index contributed by atoms with van der Waals surface area (Å²) >= 11 is 3.44. The van der Waals surface area contributed by atoms with E-state index in [-0.39, 0.29) is 23.1 Å². The van der Waals surface area contributed by atoms with Crippen molar-refractivity contribution in [1.82, 2.24) is 5.32 Å². The maximum Gasteiger partial charge on any atom is 0.237 e. The Morgan fingerprint density at radius 3 is 2.62 bits per heavy atom. The van der Waals surface area contributed by atoms with Gasteiger partial charge in [0, 0.05) is 22.6 Å². The molecule has 1 aliphatic rings. The third kappa shape index (κ3) is 3.46. The van der Waals surface area contributed by atoms with Gasteiger partial charge in [-0.25, -0.2) is 0 Å². The van der Waals surface area contributed by atoms with Crippen molar-refractivity contribution in [3.8, 4) is 0 Å². The van der Waals surface area contributed by atoms with Crippen LogP contribution in [-0.4, -0.2) is 18.4 Å². The number of hydrogen-bond acceptors (Lipinski definition) is 2. The van der Waals surface area contributed by atoms with Crippen molar-refractivity contribution >= 4 is 33.4 Å². The second-order valence-corrected chi connectivity index (χ2v) is 7.50. The van der Waals surface area contributed by atoms with Gasteiger partial charge < -0.3 is 10.6 Å². The third-order valence-corrected chi connectivity index (χ3v) is 4.87. The SMILES string of the molecule is Cc1ccc(NC(=O)[C@@H]2C(=O)NC[C@@H]2C(C)(C)C)cc1Br. The van der Waals surface area contributed by atoms with Gasteiger partial charge in [0.05, 0.1) is 0 Å². The molecule has 1 fully saturated rings. The van der Waals surface area contributed by atoms with Gasteiger partial charge in [-0.15, -0.1) is 0 Å². The number of carbonyl (C=O) groups excluding carboxylic acids is 2. The zero-order valence-corrected chi connectivity index (χ0v) is 14.4. The van der Waals surface area contributed by atoms with Crippen LogP contribution >= 0.6 is 15.9 Å². The van der Waals surface area contributed by atoms with Crippen LogP contribution in [0.1, 0.15) is 26.3 Å². The molecule has 1 aromatic rings. The van der Waals surface area contributed by atoms with E-state index in [1.54, 1.807) is 0 Å². The molecule has 2 rings (SSSR count). The first kappa shape index (κ1) is 16.0. The molecule has 2 atom stereocenters. The predicted molar refractivity (Wildman–Crippen MR) is 87.0 cm³/mol. The molecule has 1 aliphatic heterocycles. The van der Waals surface area contributed by atoms with Crippen LogP contribution in [0.25, 0.3) is 0 Å². The number of aryl methyl sites for hydroxylation is 1. The van der Waals surface area contributed by atoms with Gasteiger partial charge in [-0.3, -0.25) is 9.59 Å². The molecule has 1 heterocycles. The Hall–Kier alpha value is -1.36. The van der Waals surface area contributed by atoms with E-state index >= 15 is 0 Å². The molecule has 0 unspecified atom stereocenters. The standard InChI is InChI=1S/C16H21BrN2O2/c1-9-5-6-10(7-12(9)17)19-15(21)13-11(16(2,3)4)8-18-14(13)20/h5-7,11,13H,8H2,1-4H3,(H,18,20)(H,19,21)/t11-,13-/m0/s1. The first-order chi connectivity index (χ1) is 9.70. The predicted octanol–water partition coefficient (Wildman–Crippen LogP) is 3.10. The van der Waals surface area contributed by atoms with E-state index in [1.807, 2.05) is 25.1 Å². The van der Waals surface area contributed by atoms with Crippen LogP contribution in [0.2, 0.25) is 0 Å². The molecule has 0 spiro atoms. The Balaban J connectivity index is 2.18. The number of halogens is 1. The molecular formula is C16H21BrN2O2. The zero-order valence-electron chi connectivity index (χ0n) is 12.8. The zero-order chi connectivity index (χ0) is 15.8. The monoisotopic (exact) mass is 352 g/mol. The maximum atomic E-state index is 12.5. The molecule has 21 heavy (non-hydrogen) atoms. The average molecular weight is 353 g/mol. The number of amides is 2. The number of benzene rings is 1. The Labute approximate surface area is 133 Å². The van der Waals surface area contributed by atoms with E-state index in [9.17, 15) is 9.59 Å². The fourth-order valence-electron chi connectivity index (χ4n) is 2.62. The summed E-state index contributed by atoms with van der Waals surface area (Å²) in [6.45, 7) is 8.70. The second-order valence-electron chi connectivity index (χ2n) is 6.65. The Kier molecular flexibility index (Phi) is 4.42. The molecule has 2 amide bonds. The lowest BCUT2D eigenvalue weighted by Crippen LogP contribution is -2.37. The van der Waals surface area contributed by atoms with Crippen molar-refractivity contribution < 1.29 is 9.59 Å². The first-order valence-electron chi connectivity index (χ1n) is 7.05. The minimum Gasteiger partial charge on any atom is -0.355 e. The summed E-state index contributed by atoms with van der Waals surface area (Å²) in [4.78, 5) is 24.5. The fraction of sp³-hybridized carbons (Fsp3) is 0.500. The van der Waals surface area contributed by atoms with Crippen LogP contribution in [0.3, 0.4) is 0 Å². The summed E-state index contributed by atoms with van der Waals surface area (Å²) in [6.07, 6.45) is 0.